The van der Waals surface area contributed by atoms with Crippen LogP contribution in [0.15, 0.2) is 53.5 Å². The van der Waals surface area contributed by atoms with Gasteiger partial charge in [-0.2, -0.15) is 18.2 Å². The Hall–Kier alpha value is -3.24. The van der Waals surface area contributed by atoms with E-state index >= 15 is 0 Å². The van der Waals surface area contributed by atoms with Crippen molar-refractivity contribution >= 4 is 23.2 Å². The van der Waals surface area contributed by atoms with Gasteiger partial charge in [0, 0.05) is 34.8 Å². The number of hydrogen-bond acceptors (Lipinski definition) is 4. The number of nitrogens with one attached hydrogen (secondary N) is 1. The van der Waals surface area contributed by atoms with Crippen molar-refractivity contribution in [2.75, 3.05) is 13.2 Å². The number of benzene rings is 2. The van der Waals surface area contributed by atoms with Crippen LogP contribution >= 0.6 is 11.3 Å². The van der Waals surface area contributed by atoms with Gasteiger partial charge in [0.2, 0.25) is 0 Å². The van der Waals surface area contributed by atoms with E-state index in [1.54, 1.807) is 12.1 Å². The molecule has 0 bridgehead atoms. The van der Waals surface area contributed by atoms with Crippen molar-refractivity contribution in [3.63, 3.8) is 0 Å². The van der Waals surface area contributed by atoms with Gasteiger partial charge in [-0.25, -0.2) is 0 Å². The number of aryl methyl sites for hydroxylation is 1. The molecule has 1 aliphatic rings. The van der Waals surface area contributed by atoms with Crippen molar-refractivity contribution in [1.29, 1.82) is 0 Å². The van der Waals surface area contributed by atoms with E-state index in [4.69, 9.17) is 4.74 Å². The summed E-state index contributed by atoms with van der Waals surface area (Å²) >= 11 is 1.30. The number of amides is 2. The molecule has 6 nitrogen and oxygen atoms in total. The number of rotatable bonds is 6. The molecule has 1 atom stereocenters. The molecule has 0 aliphatic carbocycles. The maximum absolute atomic E-state index is 13.0. The van der Waals surface area contributed by atoms with E-state index in [1.807, 2.05) is 30.5 Å². The van der Waals surface area contributed by atoms with Crippen molar-refractivity contribution < 1.29 is 27.5 Å². The third kappa shape index (κ3) is 6.11. The van der Waals surface area contributed by atoms with Crippen molar-refractivity contribution in [2.45, 2.75) is 45.5 Å². The molecular formula is C26H26F3N3O3S. The summed E-state index contributed by atoms with van der Waals surface area (Å²) in [5, 5.41) is 2.89. The highest BCUT2D eigenvalue weighted by atomic mass is 32.1. The minimum atomic E-state index is -4.54. The molecule has 3 aromatic rings. The normalized spacial score (nSPS) is 16.4. The molecule has 1 aromatic heterocycles. The Labute approximate surface area is 210 Å². The van der Waals surface area contributed by atoms with Gasteiger partial charge in [-0.05, 0) is 62.6 Å². The van der Waals surface area contributed by atoms with E-state index in [9.17, 15) is 22.8 Å². The van der Waals surface area contributed by atoms with Gasteiger partial charge in [-0.15, -0.1) is 11.3 Å². The zero-order valence-electron chi connectivity index (χ0n) is 19.9. The average molecular weight is 518 g/mol. The summed E-state index contributed by atoms with van der Waals surface area (Å²) in [6, 6.07) is 11.4. The minimum Gasteiger partial charge on any atom is -0.376 e. The van der Waals surface area contributed by atoms with Crippen molar-refractivity contribution in [3.05, 3.63) is 86.2 Å². The summed E-state index contributed by atoms with van der Waals surface area (Å²) in [6.45, 7) is 5.39. The number of thiazole rings is 1. The fraction of sp³-hybridized carbons (Fsp3) is 0.346. The summed E-state index contributed by atoms with van der Waals surface area (Å²) in [5.41, 5.74) is 1.30. The molecule has 0 spiro atoms. The molecule has 0 radical (unpaired) electrons. The molecule has 1 fully saturated rings. The molecule has 4 rings (SSSR count). The van der Waals surface area contributed by atoms with Crippen LogP contribution in [-0.4, -0.2) is 35.6 Å². The Morgan fingerprint density at radius 2 is 1.89 bits per heavy atom. The number of ether oxygens (including phenoxy) is 1. The Kier molecular flexibility index (Phi) is 7.75. The summed E-state index contributed by atoms with van der Waals surface area (Å²) in [5.74, 6) is -0.913. The zero-order chi connectivity index (χ0) is 25.9. The molecule has 1 aliphatic heterocycles. The Balaban J connectivity index is 1.51. The zero-order valence-corrected chi connectivity index (χ0v) is 20.7. The van der Waals surface area contributed by atoms with E-state index in [1.165, 1.54) is 23.5 Å². The number of nitrogens with zero attached hydrogens (tertiary/aromatic N) is 2. The maximum atomic E-state index is 13.0. The lowest BCUT2D eigenvalue weighted by Gasteiger charge is -2.11. The number of halogens is 3. The van der Waals surface area contributed by atoms with Crippen molar-refractivity contribution in [3.8, 4) is 0 Å². The minimum absolute atomic E-state index is 0.0650. The highest BCUT2D eigenvalue weighted by Crippen LogP contribution is 2.29. The van der Waals surface area contributed by atoms with E-state index in [2.05, 4.69) is 10.3 Å². The van der Waals surface area contributed by atoms with Gasteiger partial charge in [0.15, 0.2) is 4.80 Å². The van der Waals surface area contributed by atoms with E-state index in [0.717, 1.165) is 47.7 Å². The van der Waals surface area contributed by atoms with E-state index in [0.29, 0.717) is 23.5 Å². The lowest BCUT2D eigenvalue weighted by molar-refractivity contribution is -0.137. The molecule has 0 saturated carbocycles. The maximum Gasteiger partial charge on any atom is 0.416 e. The summed E-state index contributed by atoms with van der Waals surface area (Å²) in [4.78, 5) is 30.6. The third-order valence-corrected chi connectivity index (χ3v) is 7.19. The Bertz CT molecular complexity index is 1320. The van der Waals surface area contributed by atoms with Gasteiger partial charge in [0.25, 0.3) is 11.8 Å². The first-order valence-electron chi connectivity index (χ1n) is 11.5. The first-order chi connectivity index (χ1) is 17.1. The van der Waals surface area contributed by atoms with Crippen LogP contribution in [0, 0.1) is 13.8 Å². The lowest BCUT2D eigenvalue weighted by Crippen LogP contribution is -2.31. The molecule has 36 heavy (non-hydrogen) atoms. The molecule has 190 valence electrons. The van der Waals surface area contributed by atoms with Crippen molar-refractivity contribution in [2.24, 2.45) is 4.99 Å². The molecule has 1 unspecified atom stereocenters. The fourth-order valence-corrected chi connectivity index (χ4v) is 4.88. The summed E-state index contributed by atoms with van der Waals surface area (Å²) < 4.78 is 46.5. The number of carbonyl (C=O) groups excluding carboxylic acids is 2. The predicted molar refractivity (Wildman–Crippen MR) is 130 cm³/mol. The topological polar surface area (TPSA) is 72.7 Å². The molecule has 1 N–H and O–H groups in total. The predicted octanol–water partition coefficient (Wildman–Crippen LogP) is 4.88. The largest absolute Gasteiger partial charge is 0.416 e. The second-order valence-corrected chi connectivity index (χ2v) is 9.83. The Morgan fingerprint density at radius 1 is 1.14 bits per heavy atom. The van der Waals surface area contributed by atoms with Gasteiger partial charge >= 0.3 is 6.18 Å². The highest BCUT2D eigenvalue weighted by molar-refractivity contribution is 7.09. The second kappa shape index (κ2) is 10.8. The van der Waals surface area contributed by atoms with Gasteiger partial charge in [-0.1, -0.05) is 18.2 Å². The average Bonchev–Trinajstić information content (AvgIpc) is 3.47. The lowest BCUT2D eigenvalue weighted by atomic mass is 10.1. The number of hydrogen-bond donors (Lipinski definition) is 1. The van der Waals surface area contributed by atoms with Crippen LogP contribution in [0.4, 0.5) is 13.2 Å². The van der Waals surface area contributed by atoms with Gasteiger partial charge in [0.1, 0.15) is 0 Å². The van der Waals surface area contributed by atoms with E-state index in [-0.39, 0.29) is 17.6 Å². The highest BCUT2D eigenvalue weighted by Gasteiger charge is 2.31. The monoisotopic (exact) mass is 517 g/mol. The smallest absolute Gasteiger partial charge is 0.376 e. The van der Waals surface area contributed by atoms with Crippen LogP contribution in [0.2, 0.25) is 0 Å². The van der Waals surface area contributed by atoms with Crippen LogP contribution in [0.5, 0.6) is 0 Å². The standard InChI is InChI=1S/C26H26F3N3O3S/c1-16-17(2)36-25(31-24(34)20-5-3-6-21(13-20)26(27,28)29)32(16)15-18-8-10-19(11-9-18)23(33)30-14-22-7-4-12-35-22/h3,5-6,8-11,13,22H,4,7,12,14-15H2,1-2H3,(H,30,33). The van der Waals surface area contributed by atoms with E-state index < -0.39 is 17.6 Å². The molecule has 10 heteroatoms. The van der Waals surface area contributed by atoms with Gasteiger partial charge in [0.05, 0.1) is 18.2 Å². The van der Waals surface area contributed by atoms with Crippen LogP contribution in [-0.2, 0) is 17.5 Å². The molecular weight excluding hydrogens is 491 g/mol. The number of aromatic nitrogens is 1. The van der Waals surface area contributed by atoms with Crippen LogP contribution in [0.25, 0.3) is 0 Å². The molecule has 1 saturated heterocycles. The summed E-state index contributed by atoms with van der Waals surface area (Å²) in [7, 11) is 0. The third-order valence-electron chi connectivity index (χ3n) is 6.09. The SMILES string of the molecule is Cc1sc(=NC(=O)c2cccc(C(F)(F)F)c2)n(Cc2ccc(C(=O)NCC3CCCO3)cc2)c1C. The first-order valence-corrected chi connectivity index (χ1v) is 12.4. The summed E-state index contributed by atoms with van der Waals surface area (Å²) in [6.07, 6.45) is -2.52. The quantitative estimate of drug-likeness (QED) is 0.507. The van der Waals surface area contributed by atoms with Crippen molar-refractivity contribution in [1.82, 2.24) is 9.88 Å². The van der Waals surface area contributed by atoms with Gasteiger partial charge in [-0.3, -0.25) is 9.59 Å². The van der Waals surface area contributed by atoms with Crippen LogP contribution in [0.1, 0.15) is 55.3 Å². The fourth-order valence-electron chi connectivity index (χ4n) is 3.91. The number of alkyl halides is 3. The molecule has 2 aromatic carbocycles. The van der Waals surface area contributed by atoms with Crippen LogP contribution < -0.4 is 10.1 Å². The van der Waals surface area contributed by atoms with Crippen LogP contribution in [0.3, 0.4) is 0 Å². The molecule has 2 amide bonds. The van der Waals surface area contributed by atoms with Gasteiger partial charge < -0.3 is 14.6 Å². The first kappa shape index (κ1) is 25.8. The second-order valence-electron chi connectivity index (χ2n) is 8.65. The number of carbonyl (C=O) groups is 2. The Morgan fingerprint density at radius 3 is 2.56 bits per heavy atom. The molecule has 2 heterocycles.